The number of aromatic amines is 1. The first-order valence-electron chi connectivity index (χ1n) is 5.29. The van der Waals surface area contributed by atoms with Gasteiger partial charge in [-0.15, -0.1) is 0 Å². The standard InChI is InChI=1S/C13H10N4/c1-3-11(13-7-15-9-17-13)4-2-10(1)12-5-6-14-8-16-12/h1-9H,(H,15,17). The van der Waals surface area contributed by atoms with Crippen LogP contribution in [-0.2, 0) is 0 Å². The molecule has 0 radical (unpaired) electrons. The van der Waals surface area contributed by atoms with Gasteiger partial charge in [0.2, 0.25) is 0 Å². The molecule has 3 aromatic rings. The van der Waals surface area contributed by atoms with Crippen molar-refractivity contribution in [2.75, 3.05) is 0 Å². The molecule has 0 unspecified atom stereocenters. The maximum absolute atomic E-state index is 4.21. The van der Waals surface area contributed by atoms with Crippen molar-refractivity contribution < 1.29 is 0 Å². The van der Waals surface area contributed by atoms with E-state index in [1.807, 2.05) is 36.5 Å². The summed E-state index contributed by atoms with van der Waals surface area (Å²) in [5.74, 6) is 0. The van der Waals surface area contributed by atoms with Crippen molar-refractivity contribution in [2.24, 2.45) is 0 Å². The van der Waals surface area contributed by atoms with Gasteiger partial charge in [0.25, 0.3) is 0 Å². The Kier molecular flexibility index (Phi) is 2.38. The SMILES string of the molecule is c1cc(-c2ccc(-c3c[nH]cn3)cc2)ncn1. The zero-order chi connectivity index (χ0) is 11.5. The Labute approximate surface area is 98.4 Å². The molecular formula is C13H10N4. The zero-order valence-corrected chi connectivity index (χ0v) is 9.04. The van der Waals surface area contributed by atoms with Crippen LogP contribution in [0, 0.1) is 0 Å². The van der Waals surface area contributed by atoms with Crippen LogP contribution in [0.2, 0.25) is 0 Å². The molecule has 2 heterocycles. The van der Waals surface area contributed by atoms with E-state index >= 15 is 0 Å². The number of nitrogens with one attached hydrogen (secondary N) is 1. The summed E-state index contributed by atoms with van der Waals surface area (Å²) in [6, 6.07) is 10.0. The number of H-pyrrole nitrogens is 1. The van der Waals surface area contributed by atoms with E-state index in [9.17, 15) is 0 Å². The number of nitrogens with zero attached hydrogens (tertiary/aromatic N) is 3. The number of hydrogen-bond acceptors (Lipinski definition) is 3. The van der Waals surface area contributed by atoms with Crippen molar-refractivity contribution in [1.29, 1.82) is 0 Å². The molecule has 4 nitrogen and oxygen atoms in total. The minimum Gasteiger partial charge on any atom is -0.351 e. The van der Waals surface area contributed by atoms with E-state index in [0.717, 1.165) is 22.5 Å². The van der Waals surface area contributed by atoms with Gasteiger partial charge in [0.1, 0.15) is 6.33 Å². The molecule has 0 saturated carbocycles. The molecule has 1 aromatic carbocycles. The van der Waals surface area contributed by atoms with Crippen LogP contribution >= 0.6 is 0 Å². The maximum Gasteiger partial charge on any atom is 0.116 e. The summed E-state index contributed by atoms with van der Waals surface area (Å²) < 4.78 is 0. The molecule has 2 aromatic heterocycles. The largest absolute Gasteiger partial charge is 0.351 e. The molecule has 0 amide bonds. The number of hydrogen-bond donors (Lipinski definition) is 1. The first-order valence-corrected chi connectivity index (χ1v) is 5.29. The highest BCUT2D eigenvalue weighted by atomic mass is 14.9. The van der Waals surface area contributed by atoms with E-state index < -0.39 is 0 Å². The molecule has 0 aliphatic heterocycles. The van der Waals surface area contributed by atoms with Gasteiger partial charge in [0.15, 0.2) is 0 Å². The van der Waals surface area contributed by atoms with Crippen molar-refractivity contribution in [1.82, 2.24) is 19.9 Å². The molecule has 82 valence electrons. The van der Waals surface area contributed by atoms with Crippen LogP contribution in [0.3, 0.4) is 0 Å². The van der Waals surface area contributed by atoms with Crippen LogP contribution in [-0.4, -0.2) is 19.9 Å². The highest BCUT2D eigenvalue weighted by molar-refractivity contribution is 5.65. The van der Waals surface area contributed by atoms with Gasteiger partial charge in [0.05, 0.1) is 17.7 Å². The van der Waals surface area contributed by atoms with Gasteiger partial charge in [-0.05, 0) is 6.07 Å². The van der Waals surface area contributed by atoms with Crippen LogP contribution in [0.25, 0.3) is 22.5 Å². The fourth-order valence-corrected chi connectivity index (χ4v) is 1.69. The zero-order valence-electron chi connectivity index (χ0n) is 9.04. The topological polar surface area (TPSA) is 54.5 Å². The monoisotopic (exact) mass is 222 g/mol. The van der Waals surface area contributed by atoms with E-state index in [4.69, 9.17) is 0 Å². The maximum atomic E-state index is 4.21. The van der Waals surface area contributed by atoms with Gasteiger partial charge < -0.3 is 4.98 Å². The third kappa shape index (κ3) is 1.92. The Morgan fingerprint density at radius 2 is 1.59 bits per heavy atom. The Morgan fingerprint density at radius 1 is 0.824 bits per heavy atom. The summed E-state index contributed by atoms with van der Waals surface area (Å²) in [4.78, 5) is 15.3. The average Bonchev–Trinajstić information content (AvgIpc) is 2.94. The predicted molar refractivity (Wildman–Crippen MR) is 65.0 cm³/mol. The van der Waals surface area contributed by atoms with Gasteiger partial charge in [-0.1, -0.05) is 24.3 Å². The summed E-state index contributed by atoms with van der Waals surface area (Å²) in [6.45, 7) is 0. The third-order valence-corrected chi connectivity index (χ3v) is 2.56. The molecule has 0 aliphatic carbocycles. The van der Waals surface area contributed by atoms with E-state index in [-0.39, 0.29) is 0 Å². The molecule has 0 bridgehead atoms. The Bertz CT molecular complexity index is 585. The molecule has 0 spiro atoms. The van der Waals surface area contributed by atoms with Gasteiger partial charge >= 0.3 is 0 Å². The fourth-order valence-electron chi connectivity index (χ4n) is 1.69. The molecule has 4 heteroatoms. The van der Waals surface area contributed by atoms with Crippen LogP contribution in [0.4, 0.5) is 0 Å². The van der Waals surface area contributed by atoms with Crippen molar-refractivity contribution >= 4 is 0 Å². The second kappa shape index (κ2) is 4.17. The van der Waals surface area contributed by atoms with Crippen molar-refractivity contribution in [3.63, 3.8) is 0 Å². The van der Waals surface area contributed by atoms with Gasteiger partial charge in [-0.3, -0.25) is 0 Å². The van der Waals surface area contributed by atoms with Crippen LogP contribution < -0.4 is 0 Å². The van der Waals surface area contributed by atoms with Crippen LogP contribution in [0.5, 0.6) is 0 Å². The lowest BCUT2D eigenvalue weighted by atomic mass is 10.1. The molecule has 0 aliphatic rings. The second-order valence-electron chi connectivity index (χ2n) is 3.63. The van der Waals surface area contributed by atoms with E-state index in [2.05, 4.69) is 19.9 Å². The summed E-state index contributed by atoms with van der Waals surface area (Å²) in [5.41, 5.74) is 4.03. The van der Waals surface area contributed by atoms with Crippen molar-refractivity contribution in [2.45, 2.75) is 0 Å². The highest BCUT2D eigenvalue weighted by Gasteiger charge is 2.01. The molecule has 0 saturated heterocycles. The van der Waals surface area contributed by atoms with Crippen molar-refractivity contribution in [3.8, 4) is 22.5 Å². The number of imidazole rings is 1. The summed E-state index contributed by atoms with van der Waals surface area (Å²) in [7, 11) is 0. The molecule has 1 N–H and O–H groups in total. The predicted octanol–water partition coefficient (Wildman–Crippen LogP) is 2.53. The first kappa shape index (κ1) is 9.72. The molecule has 0 fully saturated rings. The Hall–Kier alpha value is -2.49. The smallest absolute Gasteiger partial charge is 0.116 e. The minimum absolute atomic E-state index is 0.925. The number of rotatable bonds is 2. The number of benzene rings is 1. The summed E-state index contributed by atoms with van der Waals surface area (Å²) in [6.07, 6.45) is 6.84. The normalized spacial score (nSPS) is 10.4. The second-order valence-corrected chi connectivity index (χ2v) is 3.63. The van der Waals surface area contributed by atoms with Crippen LogP contribution in [0.15, 0.2) is 55.4 Å². The van der Waals surface area contributed by atoms with Gasteiger partial charge in [-0.2, -0.15) is 0 Å². The molecule has 0 atom stereocenters. The van der Waals surface area contributed by atoms with Crippen LogP contribution in [0.1, 0.15) is 0 Å². The quantitative estimate of drug-likeness (QED) is 0.724. The molecule has 17 heavy (non-hydrogen) atoms. The van der Waals surface area contributed by atoms with E-state index in [1.165, 1.54) is 0 Å². The molecular weight excluding hydrogens is 212 g/mol. The Balaban J connectivity index is 1.96. The lowest BCUT2D eigenvalue weighted by Gasteiger charge is -2.01. The first-order chi connectivity index (χ1) is 8.43. The third-order valence-electron chi connectivity index (χ3n) is 2.56. The molecule has 3 rings (SSSR count). The number of aromatic nitrogens is 4. The fraction of sp³-hybridized carbons (Fsp3) is 0. The van der Waals surface area contributed by atoms with Gasteiger partial charge in [0, 0.05) is 23.5 Å². The minimum atomic E-state index is 0.925. The summed E-state index contributed by atoms with van der Waals surface area (Å²) in [5, 5.41) is 0. The average molecular weight is 222 g/mol. The lowest BCUT2D eigenvalue weighted by molar-refractivity contribution is 1.17. The lowest BCUT2D eigenvalue weighted by Crippen LogP contribution is -1.84. The van der Waals surface area contributed by atoms with E-state index in [1.54, 1.807) is 18.9 Å². The van der Waals surface area contributed by atoms with E-state index in [0.29, 0.717) is 0 Å². The van der Waals surface area contributed by atoms with Crippen molar-refractivity contribution in [3.05, 3.63) is 55.4 Å². The highest BCUT2D eigenvalue weighted by Crippen LogP contribution is 2.21. The Morgan fingerprint density at radius 3 is 2.18 bits per heavy atom. The summed E-state index contributed by atoms with van der Waals surface area (Å²) >= 11 is 0. The van der Waals surface area contributed by atoms with Gasteiger partial charge in [-0.25, -0.2) is 15.0 Å².